The lowest BCUT2D eigenvalue weighted by Crippen LogP contribution is -2.27. The quantitative estimate of drug-likeness (QED) is 0.795. The molecule has 0 aromatic carbocycles. The molecule has 0 spiro atoms. The highest BCUT2D eigenvalue weighted by molar-refractivity contribution is 7.18. The Balaban J connectivity index is 1.93. The number of hydrogen-bond donors (Lipinski definition) is 0. The first kappa shape index (κ1) is 12.9. The molecule has 0 aliphatic carbocycles. The van der Waals surface area contributed by atoms with Gasteiger partial charge in [-0.2, -0.15) is 4.99 Å². The van der Waals surface area contributed by atoms with E-state index < -0.39 is 0 Å². The monoisotopic (exact) mass is 313 g/mol. The summed E-state index contributed by atoms with van der Waals surface area (Å²) in [5.41, 5.74) is 0. The number of thiophene rings is 1. The van der Waals surface area contributed by atoms with Crippen molar-refractivity contribution in [3.8, 4) is 5.00 Å². The second-order valence-electron chi connectivity index (χ2n) is 4.22. The van der Waals surface area contributed by atoms with Gasteiger partial charge in [0.05, 0.1) is 4.34 Å². The standard InChI is InChI=1S/C12H12ClN3OS2/c13-9-3-4-10(19-9)16-7-8-18-12(16)14-11(17)15-5-1-2-6-15/h3-4,7-8H,1-2,5-6H2. The van der Waals surface area contributed by atoms with E-state index in [0.29, 0.717) is 4.80 Å². The molecule has 100 valence electrons. The van der Waals surface area contributed by atoms with Gasteiger partial charge in [0.15, 0.2) is 4.80 Å². The summed E-state index contributed by atoms with van der Waals surface area (Å²) in [5.74, 6) is 0. The van der Waals surface area contributed by atoms with Crippen LogP contribution >= 0.6 is 34.3 Å². The largest absolute Gasteiger partial charge is 0.346 e. The van der Waals surface area contributed by atoms with Gasteiger partial charge in [0.25, 0.3) is 0 Å². The molecule has 2 aromatic rings. The molecule has 3 heterocycles. The molecule has 1 fully saturated rings. The van der Waals surface area contributed by atoms with E-state index in [-0.39, 0.29) is 6.03 Å². The van der Waals surface area contributed by atoms with Crippen molar-refractivity contribution in [2.75, 3.05) is 13.1 Å². The van der Waals surface area contributed by atoms with Crippen molar-refractivity contribution >= 4 is 40.3 Å². The zero-order chi connectivity index (χ0) is 13.2. The minimum atomic E-state index is -0.142. The van der Waals surface area contributed by atoms with Crippen molar-refractivity contribution in [2.45, 2.75) is 12.8 Å². The minimum Gasteiger partial charge on any atom is -0.323 e. The third-order valence-electron chi connectivity index (χ3n) is 2.95. The number of likely N-dealkylation sites (tertiary alicyclic amines) is 1. The summed E-state index contributed by atoms with van der Waals surface area (Å²) in [6.07, 6.45) is 4.06. The fourth-order valence-electron chi connectivity index (χ4n) is 2.02. The SMILES string of the molecule is O=C(N=c1sccn1-c1ccc(Cl)s1)N1CCCC1. The van der Waals surface area contributed by atoms with E-state index in [1.165, 1.54) is 22.7 Å². The van der Waals surface area contributed by atoms with Crippen molar-refractivity contribution < 1.29 is 4.79 Å². The normalized spacial score (nSPS) is 16.3. The van der Waals surface area contributed by atoms with Crippen molar-refractivity contribution in [1.29, 1.82) is 0 Å². The maximum Gasteiger partial charge on any atom is 0.346 e. The molecular weight excluding hydrogens is 302 g/mol. The van der Waals surface area contributed by atoms with Gasteiger partial charge in [-0.3, -0.25) is 4.57 Å². The van der Waals surface area contributed by atoms with Gasteiger partial charge < -0.3 is 4.90 Å². The molecule has 19 heavy (non-hydrogen) atoms. The summed E-state index contributed by atoms with van der Waals surface area (Å²) in [5, 5.41) is 2.89. The molecule has 1 aliphatic rings. The summed E-state index contributed by atoms with van der Waals surface area (Å²) in [4.78, 5) is 18.7. The number of carbonyl (C=O) groups is 1. The maximum atomic E-state index is 12.0. The second-order valence-corrected chi connectivity index (χ2v) is 6.79. The fraction of sp³-hybridized carbons (Fsp3) is 0.333. The van der Waals surface area contributed by atoms with Crippen LogP contribution in [0.4, 0.5) is 4.79 Å². The molecule has 1 aliphatic heterocycles. The smallest absolute Gasteiger partial charge is 0.323 e. The van der Waals surface area contributed by atoms with E-state index in [2.05, 4.69) is 4.99 Å². The van der Waals surface area contributed by atoms with E-state index in [4.69, 9.17) is 11.6 Å². The highest BCUT2D eigenvalue weighted by Crippen LogP contribution is 2.24. The molecule has 0 saturated carbocycles. The Hall–Kier alpha value is -1.11. The van der Waals surface area contributed by atoms with Crippen LogP contribution in [0.3, 0.4) is 0 Å². The third-order valence-corrected chi connectivity index (χ3v) is 4.94. The van der Waals surface area contributed by atoms with Gasteiger partial charge in [0.1, 0.15) is 5.00 Å². The number of hydrogen-bond acceptors (Lipinski definition) is 3. The number of rotatable bonds is 1. The van der Waals surface area contributed by atoms with Gasteiger partial charge in [-0.1, -0.05) is 11.6 Å². The molecule has 0 unspecified atom stereocenters. The fourth-order valence-corrected chi connectivity index (χ4v) is 3.80. The molecule has 7 heteroatoms. The number of carbonyl (C=O) groups excluding carboxylic acids is 1. The first-order valence-electron chi connectivity index (χ1n) is 5.99. The second kappa shape index (κ2) is 5.48. The van der Waals surface area contributed by atoms with Crippen LogP contribution in [-0.4, -0.2) is 28.6 Å². The molecule has 0 atom stereocenters. The topological polar surface area (TPSA) is 37.6 Å². The first-order chi connectivity index (χ1) is 9.24. The molecular formula is C12H12ClN3OS2. The third kappa shape index (κ3) is 2.75. The van der Waals surface area contributed by atoms with Crippen LogP contribution in [0.5, 0.6) is 0 Å². The average molecular weight is 314 g/mol. The lowest BCUT2D eigenvalue weighted by atomic mass is 10.4. The molecule has 0 N–H and O–H groups in total. The molecule has 1 saturated heterocycles. The van der Waals surface area contributed by atoms with Gasteiger partial charge in [-0.25, -0.2) is 4.79 Å². The van der Waals surface area contributed by atoms with Gasteiger partial charge in [-0.05, 0) is 25.0 Å². The lowest BCUT2D eigenvalue weighted by molar-refractivity contribution is 0.218. The van der Waals surface area contributed by atoms with Crippen LogP contribution in [-0.2, 0) is 0 Å². The number of halogens is 1. The highest BCUT2D eigenvalue weighted by Gasteiger charge is 2.17. The maximum absolute atomic E-state index is 12.0. The Morgan fingerprint density at radius 2 is 2.11 bits per heavy atom. The van der Waals surface area contributed by atoms with Crippen LogP contribution in [0.25, 0.3) is 5.00 Å². The lowest BCUT2D eigenvalue weighted by Gasteiger charge is -2.10. The molecule has 0 bridgehead atoms. The Labute approximate surface area is 123 Å². The molecule has 4 nitrogen and oxygen atoms in total. The molecule has 0 radical (unpaired) electrons. The van der Waals surface area contributed by atoms with Gasteiger partial charge >= 0.3 is 6.03 Å². The van der Waals surface area contributed by atoms with Gasteiger partial charge in [-0.15, -0.1) is 22.7 Å². The summed E-state index contributed by atoms with van der Waals surface area (Å²) in [6, 6.07) is 3.63. The Morgan fingerprint density at radius 1 is 1.32 bits per heavy atom. The zero-order valence-electron chi connectivity index (χ0n) is 10.1. The number of amides is 2. The number of urea groups is 1. The highest BCUT2D eigenvalue weighted by atomic mass is 35.5. The van der Waals surface area contributed by atoms with Crippen LogP contribution in [0.1, 0.15) is 12.8 Å². The van der Waals surface area contributed by atoms with E-state index in [9.17, 15) is 4.79 Å². The van der Waals surface area contributed by atoms with Crippen LogP contribution in [0, 0.1) is 0 Å². The first-order valence-corrected chi connectivity index (χ1v) is 8.07. The molecule has 2 amide bonds. The van der Waals surface area contributed by atoms with Gasteiger partial charge in [0.2, 0.25) is 0 Å². The summed E-state index contributed by atoms with van der Waals surface area (Å²) in [7, 11) is 0. The van der Waals surface area contributed by atoms with Crippen LogP contribution in [0.15, 0.2) is 28.7 Å². The Morgan fingerprint density at radius 3 is 2.79 bits per heavy atom. The van der Waals surface area contributed by atoms with Crippen molar-refractivity contribution in [3.05, 3.63) is 32.8 Å². The van der Waals surface area contributed by atoms with E-state index >= 15 is 0 Å². The minimum absolute atomic E-state index is 0.142. The molecule has 3 rings (SSSR count). The van der Waals surface area contributed by atoms with Gasteiger partial charge in [0, 0.05) is 24.7 Å². The average Bonchev–Trinajstić information content (AvgIpc) is 3.08. The van der Waals surface area contributed by atoms with E-state index in [1.54, 1.807) is 4.90 Å². The van der Waals surface area contributed by atoms with Crippen LogP contribution in [0.2, 0.25) is 4.34 Å². The van der Waals surface area contributed by atoms with E-state index in [1.807, 2.05) is 28.3 Å². The number of nitrogens with zero attached hydrogens (tertiary/aromatic N) is 3. The van der Waals surface area contributed by atoms with Crippen molar-refractivity contribution in [2.24, 2.45) is 4.99 Å². The zero-order valence-corrected chi connectivity index (χ0v) is 12.5. The number of thiazole rings is 1. The predicted molar refractivity (Wildman–Crippen MR) is 78.3 cm³/mol. The summed E-state index contributed by atoms with van der Waals surface area (Å²) >= 11 is 8.86. The Kier molecular flexibility index (Phi) is 3.72. The van der Waals surface area contributed by atoms with E-state index in [0.717, 1.165) is 35.3 Å². The summed E-state index contributed by atoms with van der Waals surface area (Å²) in [6.45, 7) is 1.64. The number of aromatic nitrogens is 1. The van der Waals surface area contributed by atoms with Crippen molar-refractivity contribution in [1.82, 2.24) is 9.47 Å². The van der Waals surface area contributed by atoms with Crippen molar-refractivity contribution in [3.63, 3.8) is 0 Å². The molecule has 2 aromatic heterocycles. The Bertz CT molecular complexity index is 652. The van der Waals surface area contributed by atoms with Crippen LogP contribution < -0.4 is 4.80 Å². The summed E-state index contributed by atoms with van der Waals surface area (Å²) < 4.78 is 2.63. The predicted octanol–water partition coefficient (Wildman–Crippen LogP) is 3.37.